The van der Waals surface area contributed by atoms with E-state index in [2.05, 4.69) is 18.2 Å². The molecule has 0 saturated heterocycles. The van der Waals surface area contributed by atoms with Gasteiger partial charge >= 0.3 is 5.97 Å². The summed E-state index contributed by atoms with van der Waals surface area (Å²) in [5.74, 6) is -0.202. The van der Waals surface area contributed by atoms with Gasteiger partial charge in [0.05, 0.1) is 5.57 Å². The van der Waals surface area contributed by atoms with E-state index in [0.717, 1.165) is 39.3 Å². The molecule has 0 aromatic heterocycles. The van der Waals surface area contributed by atoms with Gasteiger partial charge in [0.15, 0.2) is 0 Å². The summed E-state index contributed by atoms with van der Waals surface area (Å²) in [6.45, 7) is 3.92. The predicted molar refractivity (Wildman–Crippen MR) is 87.7 cm³/mol. The first-order valence-corrected chi connectivity index (χ1v) is 7.70. The number of carbonyl (C=O) groups excluding carboxylic acids is 1. The second-order valence-corrected chi connectivity index (χ2v) is 6.75. The Kier molecular flexibility index (Phi) is 2.76. The van der Waals surface area contributed by atoms with Crippen molar-refractivity contribution in [3.63, 3.8) is 0 Å². The lowest BCUT2D eigenvalue weighted by Gasteiger charge is -2.20. The monoisotopic (exact) mass is 310 g/mol. The summed E-state index contributed by atoms with van der Waals surface area (Å²) < 4.78 is 5.50. The normalized spacial score (nSPS) is 18.2. The molecule has 2 aromatic carbocycles. The number of carbonyl (C=O) groups is 1. The first-order chi connectivity index (χ1) is 10.5. The lowest BCUT2D eigenvalue weighted by Crippen LogP contribution is -2.24. The minimum atomic E-state index is -0.494. The molecule has 0 bridgehead atoms. The molecule has 1 heterocycles. The Morgan fingerprint density at radius 1 is 1.05 bits per heavy atom. The fourth-order valence-electron chi connectivity index (χ4n) is 3.32. The van der Waals surface area contributed by atoms with Gasteiger partial charge in [-0.25, -0.2) is 4.79 Å². The Labute approximate surface area is 134 Å². The highest BCUT2D eigenvalue weighted by Crippen LogP contribution is 2.46. The van der Waals surface area contributed by atoms with Gasteiger partial charge in [0, 0.05) is 5.02 Å². The van der Waals surface area contributed by atoms with E-state index in [0.29, 0.717) is 0 Å². The Morgan fingerprint density at radius 2 is 1.73 bits per heavy atom. The standard InChI is InChI=1S/C19H15ClO2/c1-19(2)16-10-13-4-3-12(11-5-7-14(20)8-6-11)9-15(13)17(16)18(21)22-19/h3-9H,10H2,1-2H3. The van der Waals surface area contributed by atoms with Gasteiger partial charge in [0.1, 0.15) is 5.60 Å². The summed E-state index contributed by atoms with van der Waals surface area (Å²) in [5.41, 5.74) is 5.75. The third-order valence-electron chi connectivity index (χ3n) is 4.50. The number of fused-ring (bicyclic) bond motifs is 2. The van der Waals surface area contributed by atoms with Crippen molar-refractivity contribution in [2.45, 2.75) is 25.9 Å². The molecule has 0 spiro atoms. The van der Waals surface area contributed by atoms with Crippen LogP contribution in [0.2, 0.25) is 5.02 Å². The van der Waals surface area contributed by atoms with Crippen LogP contribution < -0.4 is 0 Å². The maximum atomic E-state index is 12.2. The highest BCUT2D eigenvalue weighted by atomic mass is 35.5. The van der Waals surface area contributed by atoms with Gasteiger partial charge in [-0.05, 0) is 66.3 Å². The quantitative estimate of drug-likeness (QED) is 0.717. The van der Waals surface area contributed by atoms with Crippen LogP contribution in [-0.2, 0) is 16.0 Å². The van der Waals surface area contributed by atoms with Crippen LogP contribution in [0.1, 0.15) is 25.0 Å². The summed E-state index contributed by atoms with van der Waals surface area (Å²) in [7, 11) is 0. The number of hydrogen-bond acceptors (Lipinski definition) is 2. The van der Waals surface area contributed by atoms with Crippen molar-refractivity contribution < 1.29 is 9.53 Å². The van der Waals surface area contributed by atoms with Crippen molar-refractivity contribution in [3.8, 4) is 11.1 Å². The van der Waals surface area contributed by atoms with Crippen LogP contribution in [0, 0.1) is 0 Å². The Morgan fingerprint density at radius 3 is 2.45 bits per heavy atom. The molecule has 3 heteroatoms. The molecule has 2 aliphatic rings. The van der Waals surface area contributed by atoms with Crippen molar-refractivity contribution in [3.05, 3.63) is 64.2 Å². The molecule has 0 unspecified atom stereocenters. The number of hydrogen-bond donors (Lipinski definition) is 0. The molecule has 0 saturated carbocycles. The van der Waals surface area contributed by atoms with E-state index >= 15 is 0 Å². The van der Waals surface area contributed by atoms with E-state index in [1.165, 1.54) is 5.56 Å². The van der Waals surface area contributed by atoms with Gasteiger partial charge in [-0.3, -0.25) is 0 Å². The van der Waals surface area contributed by atoms with Crippen LogP contribution >= 0.6 is 11.6 Å². The minimum absolute atomic E-state index is 0.202. The van der Waals surface area contributed by atoms with Gasteiger partial charge in [0.25, 0.3) is 0 Å². The Balaban J connectivity index is 1.84. The van der Waals surface area contributed by atoms with Crippen LogP contribution in [0.3, 0.4) is 0 Å². The lowest BCUT2D eigenvalue weighted by molar-refractivity contribution is -0.142. The molecule has 1 aliphatic heterocycles. The number of ether oxygens (including phenoxy) is 1. The largest absolute Gasteiger partial charge is 0.451 e. The maximum Gasteiger partial charge on any atom is 0.339 e. The number of esters is 1. The number of cyclic esters (lactones) is 1. The third kappa shape index (κ3) is 1.91. The summed E-state index contributed by atoms with van der Waals surface area (Å²) in [6.07, 6.45) is 0.796. The molecule has 4 rings (SSSR count). The fourth-order valence-corrected chi connectivity index (χ4v) is 3.44. The Bertz CT molecular complexity index is 829. The molecular formula is C19H15ClO2. The van der Waals surface area contributed by atoms with Crippen LogP contribution in [0.15, 0.2) is 48.0 Å². The maximum absolute atomic E-state index is 12.2. The summed E-state index contributed by atoms with van der Waals surface area (Å²) >= 11 is 5.95. The minimum Gasteiger partial charge on any atom is -0.451 e. The topological polar surface area (TPSA) is 26.3 Å². The van der Waals surface area contributed by atoms with E-state index in [9.17, 15) is 4.79 Å². The zero-order valence-electron chi connectivity index (χ0n) is 12.4. The second kappa shape index (κ2) is 4.47. The number of rotatable bonds is 1. The average Bonchev–Trinajstić information content (AvgIpc) is 2.96. The second-order valence-electron chi connectivity index (χ2n) is 6.31. The summed E-state index contributed by atoms with van der Waals surface area (Å²) in [4.78, 5) is 12.2. The zero-order chi connectivity index (χ0) is 15.5. The van der Waals surface area contributed by atoms with Crippen LogP contribution in [0.4, 0.5) is 0 Å². The molecule has 0 radical (unpaired) electrons. The van der Waals surface area contributed by atoms with E-state index in [1.54, 1.807) is 0 Å². The summed E-state index contributed by atoms with van der Waals surface area (Å²) in [5, 5.41) is 0.719. The third-order valence-corrected chi connectivity index (χ3v) is 4.76. The molecule has 0 atom stereocenters. The number of benzene rings is 2. The molecule has 110 valence electrons. The predicted octanol–water partition coefficient (Wildman–Crippen LogP) is 4.65. The van der Waals surface area contributed by atoms with Crippen molar-refractivity contribution in [1.82, 2.24) is 0 Å². The molecule has 2 aromatic rings. The van der Waals surface area contributed by atoms with Crippen molar-refractivity contribution in [2.75, 3.05) is 0 Å². The van der Waals surface area contributed by atoms with Gasteiger partial charge < -0.3 is 4.74 Å². The molecular weight excluding hydrogens is 296 g/mol. The molecule has 0 fully saturated rings. The van der Waals surface area contributed by atoms with E-state index < -0.39 is 5.60 Å². The molecule has 1 aliphatic carbocycles. The van der Waals surface area contributed by atoms with Gasteiger partial charge in [-0.1, -0.05) is 35.9 Å². The van der Waals surface area contributed by atoms with Crippen molar-refractivity contribution in [1.29, 1.82) is 0 Å². The van der Waals surface area contributed by atoms with Crippen LogP contribution in [0.5, 0.6) is 0 Å². The van der Waals surface area contributed by atoms with Crippen LogP contribution in [-0.4, -0.2) is 11.6 Å². The molecule has 0 amide bonds. The Hall–Kier alpha value is -2.06. The molecule has 0 N–H and O–H groups in total. The van der Waals surface area contributed by atoms with Gasteiger partial charge in [-0.15, -0.1) is 0 Å². The molecule has 22 heavy (non-hydrogen) atoms. The van der Waals surface area contributed by atoms with E-state index in [1.807, 2.05) is 38.1 Å². The first-order valence-electron chi connectivity index (χ1n) is 7.32. The van der Waals surface area contributed by atoms with Crippen LogP contribution in [0.25, 0.3) is 16.7 Å². The zero-order valence-corrected chi connectivity index (χ0v) is 13.2. The smallest absolute Gasteiger partial charge is 0.339 e. The van der Waals surface area contributed by atoms with E-state index in [4.69, 9.17) is 16.3 Å². The fraction of sp³-hybridized carbons (Fsp3) is 0.211. The highest BCUT2D eigenvalue weighted by molar-refractivity contribution is 6.30. The SMILES string of the molecule is CC1(C)OC(=O)C2=C1Cc1ccc(-c3ccc(Cl)cc3)cc12. The van der Waals surface area contributed by atoms with Crippen molar-refractivity contribution in [2.24, 2.45) is 0 Å². The highest BCUT2D eigenvalue weighted by Gasteiger charge is 2.44. The average molecular weight is 311 g/mol. The van der Waals surface area contributed by atoms with Gasteiger partial charge in [-0.2, -0.15) is 0 Å². The van der Waals surface area contributed by atoms with Gasteiger partial charge in [0.2, 0.25) is 0 Å². The summed E-state index contributed by atoms with van der Waals surface area (Å²) in [6, 6.07) is 14.0. The number of halogens is 1. The van der Waals surface area contributed by atoms with E-state index in [-0.39, 0.29) is 5.97 Å². The first kappa shape index (κ1) is 13.6. The lowest BCUT2D eigenvalue weighted by atomic mass is 9.96. The van der Waals surface area contributed by atoms with Crippen molar-refractivity contribution >= 4 is 23.1 Å². The molecule has 2 nitrogen and oxygen atoms in total.